The highest BCUT2D eigenvalue weighted by atomic mass is 16.5. The zero-order chi connectivity index (χ0) is 24.4. The summed E-state index contributed by atoms with van der Waals surface area (Å²) in [7, 11) is 3.38. The van der Waals surface area contributed by atoms with Gasteiger partial charge in [0.25, 0.3) is 0 Å². The van der Waals surface area contributed by atoms with Gasteiger partial charge < -0.3 is 9.72 Å². The zero-order valence-electron chi connectivity index (χ0n) is 20.6. The van der Waals surface area contributed by atoms with E-state index in [1.807, 2.05) is 17.8 Å². The lowest BCUT2D eigenvalue weighted by Crippen LogP contribution is -2.29. The largest absolute Gasteiger partial charge is 0.466 e. The number of nitrogens with zero attached hydrogens (tertiary/aromatic N) is 3. The number of carbonyl (C=O) groups excluding carboxylic acids is 1. The van der Waals surface area contributed by atoms with Crippen molar-refractivity contribution in [2.24, 2.45) is 7.05 Å². The molecule has 0 fully saturated rings. The minimum absolute atomic E-state index is 0.335. The number of benzene rings is 2. The number of H-pyrrole nitrogens is 1. The average molecular weight is 469 g/mol. The van der Waals surface area contributed by atoms with Gasteiger partial charge in [0.15, 0.2) is 0 Å². The molecule has 0 aliphatic heterocycles. The van der Waals surface area contributed by atoms with Crippen LogP contribution in [0.15, 0.2) is 60.9 Å². The first-order chi connectivity index (χ1) is 17.0. The predicted octanol–water partition coefficient (Wildman–Crippen LogP) is 5.13. The van der Waals surface area contributed by atoms with E-state index in [-0.39, 0.29) is 5.97 Å². The molecule has 0 radical (unpaired) electrons. The second-order valence-corrected chi connectivity index (χ2v) is 9.36. The number of ether oxygens (including phenoxy) is 1. The fourth-order valence-corrected chi connectivity index (χ4v) is 5.30. The molecule has 1 unspecified atom stereocenters. The third kappa shape index (κ3) is 4.93. The molecule has 35 heavy (non-hydrogen) atoms. The van der Waals surface area contributed by atoms with Crippen LogP contribution in [0.4, 0.5) is 0 Å². The van der Waals surface area contributed by atoms with Gasteiger partial charge in [0.2, 0.25) is 0 Å². The summed E-state index contributed by atoms with van der Waals surface area (Å²) in [6.07, 6.45) is 10.7. The summed E-state index contributed by atoms with van der Waals surface area (Å²) >= 11 is 0. The van der Waals surface area contributed by atoms with Crippen molar-refractivity contribution in [2.75, 3.05) is 13.7 Å². The van der Waals surface area contributed by atoms with E-state index >= 15 is 0 Å². The van der Waals surface area contributed by atoms with E-state index in [4.69, 9.17) is 4.74 Å². The summed E-state index contributed by atoms with van der Waals surface area (Å²) in [4.78, 5) is 17.5. The molecule has 1 aliphatic carbocycles. The van der Waals surface area contributed by atoms with E-state index in [9.17, 15) is 4.79 Å². The Balaban J connectivity index is 1.40. The number of nitrogens with one attached hydrogen (secondary N) is 1. The van der Waals surface area contributed by atoms with Gasteiger partial charge in [0, 0.05) is 61.1 Å². The lowest BCUT2D eigenvalue weighted by molar-refractivity contribution is -0.134. The van der Waals surface area contributed by atoms with Crippen LogP contribution in [0.25, 0.3) is 17.0 Å². The highest BCUT2D eigenvalue weighted by Gasteiger charge is 2.29. The van der Waals surface area contributed by atoms with Gasteiger partial charge in [-0.05, 0) is 60.6 Å². The van der Waals surface area contributed by atoms with E-state index in [1.54, 1.807) is 0 Å². The summed E-state index contributed by atoms with van der Waals surface area (Å²) in [5.74, 6) is -0.335. The molecular formula is C29H32N4O2. The zero-order valence-corrected chi connectivity index (χ0v) is 20.6. The van der Waals surface area contributed by atoms with Gasteiger partial charge in [-0.2, -0.15) is 5.10 Å². The van der Waals surface area contributed by atoms with Crippen molar-refractivity contribution < 1.29 is 9.53 Å². The fourth-order valence-electron chi connectivity index (χ4n) is 5.30. The summed E-state index contributed by atoms with van der Waals surface area (Å²) < 4.78 is 6.63. The maximum absolute atomic E-state index is 11.5. The van der Waals surface area contributed by atoms with Gasteiger partial charge in [-0.15, -0.1) is 0 Å². The van der Waals surface area contributed by atoms with Crippen molar-refractivity contribution in [3.8, 4) is 0 Å². The number of para-hydroxylation sites is 1. The Labute approximate surface area is 206 Å². The molecule has 1 N–H and O–H groups in total. The Hall–Kier alpha value is -3.64. The van der Waals surface area contributed by atoms with E-state index in [0.29, 0.717) is 6.04 Å². The molecule has 180 valence electrons. The molecule has 6 heteroatoms. The average Bonchev–Trinajstić information content (AvgIpc) is 3.56. The van der Waals surface area contributed by atoms with Crippen LogP contribution in [0.3, 0.4) is 0 Å². The highest BCUT2D eigenvalue weighted by Crippen LogP contribution is 2.37. The third-order valence-corrected chi connectivity index (χ3v) is 7.10. The number of esters is 1. The van der Waals surface area contributed by atoms with E-state index in [2.05, 4.69) is 76.8 Å². The molecule has 5 rings (SSSR count). The molecule has 0 saturated carbocycles. The number of aromatic nitrogens is 3. The standard InChI is InChI=1S/C29H32N4O2/c1-20-24(18-32(2)31-20)19-33(15-14-23-17-30-27-7-5-4-6-25(23)27)28-12-10-22-16-21(8-11-26(22)28)9-13-29(34)35-3/h4-9,11,13,16-18,28,30H,10,12,14-15,19H2,1-3H3. The Kier molecular flexibility index (Phi) is 6.55. The highest BCUT2D eigenvalue weighted by molar-refractivity contribution is 5.87. The first kappa shape index (κ1) is 23.1. The second kappa shape index (κ2) is 9.92. The van der Waals surface area contributed by atoms with Crippen LogP contribution in [0.1, 0.15) is 46.0 Å². The number of hydrogen-bond donors (Lipinski definition) is 1. The van der Waals surface area contributed by atoms with Crippen LogP contribution in [-0.2, 0) is 36.0 Å². The Morgan fingerprint density at radius 2 is 2.11 bits per heavy atom. The fraction of sp³-hybridized carbons (Fsp3) is 0.310. The van der Waals surface area contributed by atoms with Crippen molar-refractivity contribution in [1.82, 2.24) is 19.7 Å². The third-order valence-electron chi connectivity index (χ3n) is 7.10. The number of fused-ring (bicyclic) bond motifs is 2. The molecule has 1 aliphatic rings. The van der Waals surface area contributed by atoms with E-state index < -0.39 is 0 Å². The summed E-state index contributed by atoms with van der Waals surface area (Å²) in [6, 6.07) is 15.4. The van der Waals surface area contributed by atoms with Crippen LogP contribution in [0.5, 0.6) is 0 Å². The van der Waals surface area contributed by atoms with Crippen LogP contribution in [0, 0.1) is 6.92 Å². The Bertz CT molecular complexity index is 1380. The van der Waals surface area contributed by atoms with Crippen molar-refractivity contribution >= 4 is 22.9 Å². The number of carbonyl (C=O) groups is 1. The number of hydrogen-bond acceptors (Lipinski definition) is 4. The monoisotopic (exact) mass is 468 g/mol. The normalized spacial score (nSPS) is 15.4. The van der Waals surface area contributed by atoms with E-state index in [1.165, 1.54) is 46.3 Å². The molecule has 1 atom stereocenters. The number of aromatic amines is 1. The van der Waals surface area contributed by atoms with Crippen LogP contribution < -0.4 is 0 Å². The Morgan fingerprint density at radius 3 is 2.91 bits per heavy atom. The number of rotatable bonds is 8. The van der Waals surface area contributed by atoms with E-state index in [0.717, 1.165) is 43.6 Å². The lowest BCUT2D eigenvalue weighted by atomic mass is 10.0. The van der Waals surface area contributed by atoms with Gasteiger partial charge in [0.05, 0.1) is 12.8 Å². The van der Waals surface area contributed by atoms with Gasteiger partial charge in [0.1, 0.15) is 0 Å². The van der Waals surface area contributed by atoms with Crippen molar-refractivity contribution in [1.29, 1.82) is 0 Å². The molecular weight excluding hydrogens is 436 g/mol. The first-order valence-electron chi connectivity index (χ1n) is 12.2. The minimum Gasteiger partial charge on any atom is -0.466 e. The topological polar surface area (TPSA) is 63.1 Å². The maximum atomic E-state index is 11.5. The molecule has 4 aromatic rings. The lowest BCUT2D eigenvalue weighted by Gasteiger charge is -2.29. The van der Waals surface area contributed by atoms with Gasteiger partial charge >= 0.3 is 5.97 Å². The van der Waals surface area contributed by atoms with Crippen molar-refractivity contribution in [3.05, 3.63) is 94.4 Å². The number of methoxy groups -OCH3 is 1. The first-order valence-corrected chi connectivity index (χ1v) is 12.2. The van der Waals surface area contributed by atoms with Crippen molar-refractivity contribution in [2.45, 2.75) is 38.8 Å². The van der Waals surface area contributed by atoms with Gasteiger partial charge in [-0.25, -0.2) is 4.79 Å². The maximum Gasteiger partial charge on any atom is 0.330 e. The van der Waals surface area contributed by atoms with Crippen LogP contribution in [0.2, 0.25) is 0 Å². The second-order valence-electron chi connectivity index (χ2n) is 9.36. The van der Waals surface area contributed by atoms with Crippen LogP contribution >= 0.6 is 0 Å². The quantitative estimate of drug-likeness (QED) is 0.288. The molecule has 2 aromatic carbocycles. The summed E-state index contributed by atoms with van der Waals surface area (Å²) in [6.45, 7) is 3.93. The molecule has 0 saturated heterocycles. The van der Waals surface area contributed by atoms with Gasteiger partial charge in [-0.3, -0.25) is 9.58 Å². The predicted molar refractivity (Wildman–Crippen MR) is 139 cm³/mol. The SMILES string of the molecule is COC(=O)C=Cc1ccc2c(c1)CCC2N(CCc1c[nH]c2ccccc12)Cc1cn(C)nc1C. The summed E-state index contributed by atoms with van der Waals surface area (Å²) in [5.41, 5.74) is 8.69. The molecule has 6 nitrogen and oxygen atoms in total. The smallest absolute Gasteiger partial charge is 0.330 e. The molecule has 0 spiro atoms. The molecule has 0 amide bonds. The Morgan fingerprint density at radius 1 is 1.26 bits per heavy atom. The van der Waals surface area contributed by atoms with Crippen LogP contribution in [-0.4, -0.2) is 39.3 Å². The molecule has 2 aromatic heterocycles. The number of aryl methyl sites for hydroxylation is 3. The molecule has 0 bridgehead atoms. The van der Waals surface area contributed by atoms with Gasteiger partial charge in [-0.1, -0.05) is 36.4 Å². The molecule has 2 heterocycles. The van der Waals surface area contributed by atoms with Crippen molar-refractivity contribution in [3.63, 3.8) is 0 Å². The summed E-state index contributed by atoms with van der Waals surface area (Å²) in [5, 5.41) is 5.88. The minimum atomic E-state index is -0.335.